The van der Waals surface area contributed by atoms with Crippen LogP contribution in [0.25, 0.3) is 11.4 Å². The molecule has 3 rings (SSSR count). The minimum atomic E-state index is -0.459. The summed E-state index contributed by atoms with van der Waals surface area (Å²) in [5.74, 6) is 1.24. The second-order valence-electron chi connectivity index (χ2n) is 5.22. The van der Waals surface area contributed by atoms with Crippen molar-refractivity contribution in [3.8, 4) is 11.4 Å². The standard InChI is InChI=1S/C16H17N5O3/c22-11-10-21-13(6-8-20-9-7-14(23)18-16(20)24)17-15(19-21)12-4-2-1-3-5-12/h1-5,7,9,22H,6,8,10-11H2,(H,18,23,24). The SMILES string of the molecule is O=c1ccn(CCc2nc(-c3ccccc3)nn2CCO)c(=O)[nH]1. The molecule has 0 aliphatic heterocycles. The first-order chi connectivity index (χ1) is 11.7. The molecule has 124 valence electrons. The molecule has 0 unspecified atom stereocenters. The predicted molar refractivity (Wildman–Crippen MR) is 87.6 cm³/mol. The van der Waals surface area contributed by atoms with Gasteiger partial charge in [0.25, 0.3) is 5.56 Å². The van der Waals surface area contributed by atoms with Crippen LogP contribution >= 0.6 is 0 Å². The summed E-state index contributed by atoms with van der Waals surface area (Å²) in [4.78, 5) is 29.5. The van der Waals surface area contributed by atoms with Gasteiger partial charge in [0.15, 0.2) is 5.82 Å². The van der Waals surface area contributed by atoms with Crippen LogP contribution < -0.4 is 11.2 Å². The highest BCUT2D eigenvalue weighted by atomic mass is 16.3. The zero-order valence-electron chi connectivity index (χ0n) is 12.9. The van der Waals surface area contributed by atoms with Crippen molar-refractivity contribution in [3.05, 3.63) is 69.3 Å². The highest BCUT2D eigenvalue weighted by Crippen LogP contribution is 2.15. The van der Waals surface area contributed by atoms with E-state index in [9.17, 15) is 14.7 Å². The van der Waals surface area contributed by atoms with E-state index in [-0.39, 0.29) is 6.61 Å². The summed E-state index contributed by atoms with van der Waals surface area (Å²) in [7, 11) is 0. The fraction of sp³-hybridized carbons (Fsp3) is 0.250. The molecule has 3 aromatic rings. The first-order valence-corrected chi connectivity index (χ1v) is 7.57. The van der Waals surface area contributed by atoms with E-state index in [0.29, 0.717) is 31.2 Å². The maximum Gasteiger partial charge on any atom is 0.328 e. The topological polar surface area (TPSA) is 106 Å². The van der Waals surface area contributed by atoms with E-state index < -0.39 is 11.2 Å². The Morgan fingerprint density at radius 2 is 1.88 bits per heavy atom. The van der Waals surface area contributed by atoms with Gasteiger partial charge in [0, 0.05) is 30.8 Å². The molecule has 2 N–H and O–H groups in total. The Bertz CT molecular complexity index is 927. The average molecular weight is 327 g/mol. The van der Waals surface area contributed by atoms with Crippen LogP contribution in [0, 0.1) is 0 Å². The molecule has 0 spiro atoms. The third-order valence-corrected chi connectivity index (χ3v) is 3.57. The molecule has 8 heteroatoms. The lowest BCUT2D eigenvalue weighted by molar-refractivity contribution is 0.266. The van der Waals surface area contributed by atoms with Gasteiger partial charge in [-0.05, 0) is 0 Å². The number of benzene rings is 1. The van der Waals surface area contributed by atoms with Crippen LogP contribution in [0.2, 0.25) is 0 Å². The van der Waals surface area contributed by atoms with Crippen molar-refractivity contribution in [2.45, 2.75) is 19.5 Å². The van der Waals surface area contributed by atoms with Crippen LogP contribution in [0.15, 0.2) is 52.2 Å². The van der Waals surface area contributed by atoms with Gasteiger partial charge in [0.05, 0.1) is 13.2 Å². The molecule has 0 bridgehead atoms. The number of hydrogen-bond acceptors (Lipinski definition) is 5. The fourth-order valence-electron chi connectivity index (χ4n) is 2.38. The lowest BCUT2D eigenvalue weighted by Crippen LogP contribution is -2.29. The number of aryl methyl sites for hydroxylation is 2. The molecule has 0 fully saturated rings. The van der Waals surface area contributed by atoms with E-state index in [1.54, 1.807) is 4.68 Å². The van der Waals surface area contributed by atoms with Gasteiger partial charge in [-0.3, -0.25) is 9.78 Å². The Hall–Kier alpha value is -3.00. The lowest BCUT2D eigenvalue weighted by atomic mass is 10.2. The van der Waals surface area contributed by atoms with E-state index in [0.717, 1.165) is 5.56 Å². The Morgan fingerprint density at radius 3 is 2.58 bits per heavy atom. The molecule has 8 nitrogen and oxygen atoms in total. The molecule has 0 saturated carbocycles. The predicted octanol–water partition coefficient (Wildman–Crippen LogP) is 0.0301. The van der Waals surface area contributed by atoms with Gasteiger partial charge in [-0.25, -0.2) is 14.5 Å². The lowest BCUT2D eigenvalue weighted by Gasteiger charge is -2.05. The number of aliphatic hydroxyl groups is 1. The fourth-order valence-corrected chi connectivity index (χ4v) is 2.38. The molecule has 0 aliphatic carbocycles. The normalized spacial score (nSPS) is 10.9. The van der Waals surface area contributed by atoms with Crippen molar-refractivity contribution in [2.24, 2.45) is 0 Å². The van der Waals surface area contributed by atoms with Crippen molar-refractivity contribution in [1.29, 1.82) is 0 Å². The minimum absolute atomic E-state index is 0.0524. The molecule has 2 heterocycles. The van der Waals surface area contributed by atoms with Gasteiger partial charge in [0.2, 0.25) is 0 Å². The maximum atomic E-state index is 11.7. The molecule has 2 aromatic heterocycles. The molecular formula is C16H17N5O3. The highest BCUT2D eigenvalue weighted by Gasteiger charge is 2.11. The van der Waals surface area contributed by atoms with Crippen molar-refractivity contribution in [3.63, 3.8) is 0 Å². The van der Waals surface area contributed by atoms with Crippen LogP contribution in [-0.2, 0) is 19.5 Å². The summed E-state index contributed by atoms with van der Waals surface area (Å²) < 4.78 is 3.04. The summed E-state index contributed by atoms with van der Waals surface area (Å²) in [6, 6.07) is 10.8. The maximum absolute atomic E-state index is 11.7. The molecule has 0 atom stereocenters. The van der Waals surface area contributed by atoms with Crippen LogP contribution in [0.1, 0.15) is 5.82 Å². The number of H-pyrrole nitrogens is 1. The van der Waals surface area contributed by atoms with Gasteiger partial charge >= 0.3 is 5.69 Å². The van der Waals surface area contributed by atoms with Gasteiger partial charge in [0.1, 0.15) is 5.82 Å². The van der Waals surface area contributed by atoms with E-state index >= 15 is 0 Å². The van der Waals surface area contributed by atoms with Crippen LogP contribution in [0.3, 0.4) is 0 Å². The Morgan fingerprint density at radius 1 is 1.08 bits per heavy atom. The van der Waals surface area contributed by atoms with E-state index in [2.05, 4.69) is 15.1 Å². The van der Waals surface area contributed by atoms with Crippen molar-refractivity contribution in [1.82, 2.24) is 24.3 Å². The summed E-state index contributed by atoms with van der Waals surface area (Å²) in [6.45, 7) is 0.632. The van der Waals surface area contributed by atoms with Crippen molar-refractivity contribution >= 4 is 0 Å². The summed E-state index contributed by atoms with van der Waals surface area (Å²) in [5.41, 5.74) is 0.00159. The Kier molecular flexibility index (Phi) is 4.66. The molecule has 0 aliphatic rings. The number of aromatic nitrogens is 5. The zero-order valence-corrected chi connectivity index (χ0v) is 12.9. The number of hydrogen-bond donors (Lipinski definition) is 2. The van der Waals surface area contributed by atoms with Crippen LogP contribution in [0.5, 0.6) is 0 Å². The molecule has 0 saturated heterocycles. The smallest absolute Gasteiger partial charge is 0.328 e. The van der Waals surface area contributed by atoms with E-state index in [4.69, 9.17) is 0 Å². The molecular weight excluding hydrogens is 310 g/mol. The molecule has 1 aromatic carbocycles. The molecule has 0 radical (unpaired) electrons. The summed E-state index contributed by atoms with van der Waals surface area (Å²) in [6.07, 6.45) is 1.90. The Labute approximate surface area is 137 Å². The first kappa shape index (κ1) is 15.9. The number of nitrogens with one attached hydrogen (secondary N) is 1. The third-order valence-electron chi connectivity index (χ3n) is 3.57. The van der Waals surface area contributed by atoms with Crippen LogP contribution in [0.4, 0.5) is 0 Å². The monoisotopic (exact) mass is 327 g/mol. The second kappa shape index (κ2) is 7.05. The number of rotatable bonds is 6. The number of nitrogens with zero attached hydrogens (tertiary/aromatic N) is 4. The third kappa shape index (κ3) is 3.49. The minimum Gasteiger partial charge on any atom is -0.394 e. The van der Waals surface area contributed by atoms with Gasteiger partial charge in [-0.15, -0.1) is 0 Å². The van der Waals surface area contributed by atoms with Crippen molar-refractivity contribution < 1.29 is 5.11 Å². The largest absolute Gasteiger partial charge is 0.394 e. The first-order valence-electron chi connectivity index (χ1n) is 7.57. The van der Waals surface area contributed by atoms with E-state index in [1.165, 1.54) is 16.8 Å². The van der Waals surface area contributed by atoms with Gasteiger partial charge in [-0.1, -0.05) is 30.3 Å². The average Bonchev–Trinajstić information content (AvgIpc) is 2.98. The number of aliphatic hydroxyl groups excluding tert-OH is 1. The Balaban J connectivity index is 1.85. The zero-order chi connectivity index (χ0) is 16.9. The summed E-state index contributed by atoms with van der Waals surface area (Å²) >= 11 is 0. The van der Waals surface area contributed by atoms with Crippen molar-refractivity contribution in [2.75, 3.05) is 6.61 Å². The molecule has 24 heavy (non-hydrogen) atoms. The van der Waals surface area contributed by atoms with Gasteiger partial charge in [-0.2, -0.15) is 5.10 Å². The van der Waals surface area contributed by atoms with E-state index in [1.807, 2.05) is 30.3 Å². The van der Waals surface area contributed by atoms with Crippen LogP contribution in [-0.4, -0.2) is 36.0 Å². The highest BCUT2D eigenvalue weighted by molar-refractivity contribution is 5.53. The number of aromatic amines is 1. The molecule has 0 amide bonds. The summed E-state index contributed by atoms with van der Waals surface area (Å²) in [5, 5.41) is 13.6. The van der Waals surface area contributed by atoms with Gasteiger partial charge < -0.3 is 9.67 Å². The second-order valence-corrected chi connectivity index (χ2v) is 5.22. The quantitative estimate of drug-likeness (QED) is 0.664.